The first-order chi connectivity index (χ1) is 14.6. The molecule has 3 rings (SSSR count). The van der Waals surface area contributed by atoms with E-state index in [1.165, 1.54) is 12.1 Å². The van der Waals surface area contributed by atoms with Crippen LogP contribution in [-0.2, 0) is 14.8 Å². The van der Waals surface area contributed by atoms with Gasteiger partial charge in [0.25, 0.3) is 5.91 Å². The van der Waals surface area contributed by atoms with Crippen LogP contribution < -0.4 is 10.0 Å². The number of amides is 2. The van der Waals surface area contributed by atoms with Gasteiger partial charge in [0.15, 0.2) is 0 Å². The van der Waals surface area contributed by atoms with Gasteiger partial charge in [-0.1, -0.05) is 11.6 Å². The summed E-state index contributed by atoms with van der Waals surface area (Å²) in [4.78, 5) is 29.5. The third kappa shape index (κ3) is 5.25. The summed E-state index contributed by atoms with van der Waals surface area (Å²) in [6.07, 6.45) is 1.62. The van der Waals surface area contributed by atoms with Crippen molar-refractivity contribution in [3.05, 3.63) is 46.0 Å². The van der Waals surface area contributed by atoms with Crippen LogP contribution in [0, 0.1) is 19.7 Å². The van der Waals surface area contributed by atoms with E-state index in [2.05, 4.69) is 15.0 Å². The topological polar surface area (TPSA) is 111 Å². The predicted octanol–water partition coefficient (Wildman–Crippen LogP) is 2.97. The van der Waals surface area contributed by atoms with Gasteiger partial charge < -0.3 is 15.2 Å². The van der Waals surface area contributed by atoms with Crippen LogP contribution in [0.3, 0.4) is 0 Å². The molecule has 1 aliphatic rings. The molecule has 8 nitrogen and oxygen atoms in total. The monoisotopic (exact) mass is 470 g/mol. The molecule has 1 saturated heterocycles. The standard InChI is InChI=1S/C20H24ClFN4O4S/c1-12-18(20(28)26-9-3-4-10-26)19(13(2)24-12)31(29,30)23-8-7-17(27)25-14-5-6-16(22)15(21)11-14/h5-6,11,23-24H,3-4,7-10H2,1-2H3,(H,25,27). The van der Waals surface area contributed by atoms with Crippen LogP contribution in [0.4, 0.5) is 10.1 Å². The lowest BCUT2D eigenvalue weighted by Crippen LogP contribution is -2.32. The summed E-state index contributed by atoms with van der Waals surface area (Å²) >= 11 is 5.68. The lowest BCUT2D eigenvalue weighted by Gasteiger charge is -2.17. The van der Waals surface area contributed by atoms with Crippen LogP contribution in [0.1, 0.15) is 41.0 Å². The van der Waals surface area contributed by atoms with Crippen molar-refractivity contribution in [1.82, 2.24) is 14.6 Å². The van der Waals surface area contributed by atoms with Crippen molar-refractivity contribution in [3.63, 3.8) is 0 Å². The molecule has 1 aromatic heterocycles. The molecular formula is C20H24ClFN4O4S. The first-order valence-electron chi connectivity index (χ1n) is 9.83. The van der Waals surface area contributed by atoms with Crippen LogP contribution in [0.15, 0.2) is 23.1 Å². The van der Waals surface area contributed by atoms with Gasteiger partial charge in [0.1, 0.15) is 10.7 Å². The number of nitrogens with zero attached hydrogens (tertiary/aromatic N) is 1. The molecule has 0 spiro atoms. The number of carbonyl (C=O) groups is 2. The molecule has 31 heavy (non-hydrogen) atoms. The van der Waals surface area contributed by atoms with Crippen molar-refractivity contribution in [2.75, 3.05) is 25.0 Å². The zero-order valence-corrected chi connectivity index (χ0v) is 18.8. The Bertz CT molecular complexity index is 1110. The Morgan fingerprint density at radius 1 is 1.19 bits per heavy atom. The number of hydrogen-bond donors (Lipinski definition) is 3. The average Bonchev–Trinajstić information content (AvgIpc) is 3.32. The predicted molar refractivity (Wildman–Crippen MR) is 115 cm³/mol. The summed E-state index contributed by atoms with van der Waals surface area (Å²) in [5.41, 5.74) is 1.28. The zero-order chi connectivity index (χ0) is 22.8. The minimum absolute atomic E-state index is 0.0902. The van der Waals surface area contributed by atoms with Crippen molar-refractivity contribution in [2.45, 2.75) is 38.0 Å². The van der Waals surface area contributed by atoms with E-state index in [-0.39, 0.29) is 34.4 Å². The molecule has 0 atom stereocenters. The van der Waals surface area contributed by atoms with Crippen molar-refractivity contribution in [3.8, 4) is 0 Å². The first-order valence-corrected chi connectivity index (χ1v) is 11.7. The number of nitrogens with one attached hydrogen (secondary N) is 3. The number of aryl methyl sites for hydroxylation is 2. The SMILES string of the molecule is Cc1[nH]c(C)c(S(=O)(=O)NCCC(=O)Nc2ccc(F)c(Cl)c2)c1C(=O)N1CCCC1. The van der Waals surface area contributed by atoms with E-state index in [4.69, 9.17) is 11.6 Å². The van der Waals surface area contributed by atoms with Crippen LogP contribution >= 0.6 is 11.6 Å². The number of H-pyrrole nitrogens is 1. The lowest BCUT2D eigenvalue weighted by molar-refractivity contribution is -0.116. The summed E-state index contributed by atoms with van der Waals surface area (Å²) < 4.78 is 41.5. The van der Waals surface area contributed by atoms with Gasteiger partial charge in [0, 0.05) is 43.1 Å². The maximum Gasteiger partial charge on any atom is 0.257 e. The molecular weight excluding hydrogens is 447 g/mol. The average molecular weight is 471 g/mol. The van der Waals surface area contributed by atoms with Gasteiger partial charge in [-0.05, 0) is 44.9 Å². The molecule has 2 amide bonds. The second-order valence-corrected chi connectivity index (χ2v) is 9.51. The Morgan fingerprint density at radius 2 is 1.87 bits per heavy atom. The molecule has 11 heteroatoms. The smallest absolute Gasteiger partial charge is 0.257 e. The number of aromatic amines is 1. The minimum Gasteiger partial charge on any atom is -0.361 e. The number of aromatic nitrogens is 1. The highest BCUT2D eigenvalue weighted by molar-refractivity contribution is 7.89. The molecule has 1 fully saturated rings. The number of benzene rings is 1. The van der Waals surface area contributed by atoms with Gasteiger partial charge in [-0.25, -0.2) is 17.5 Å². The second kappa shape index (κ2) is 9.37. The Morgan fingerprint density at radius 3 is 2.52 bits per heavy atom. The highest BCUT2D eigenvalue weighted by atomic mass is 35.5. The number of halogens is 2. The van der Waals surface area contributed by atoms with Crippen molar-refractivity contribution in [1.29, 1.82) is 0 Å². The molecule has 2 heterocycles. The Hall–Kier alpha value is -2.43. The van der Waals surface area contributed by atoms with Crippen LogP contribution in [0.2, 0.25) is 5.02 Å². The maximum atomic E-state index is 13.2. The third-order valence-electron chi connectivity index (χ3n) is 5.04. The lowest BCUT2D eigenvalue weighted by atomic mass is 10.2. The fourth-order valence-electron chi connectivity index (χ4n) is 3.60. The molecule has 168 valence electrons. The molecule has 2 aromatic rings. The molecule has 3 N–H and O–H groups in total. The summed E-state index contributed by atoms with van der Waals surface area (Å²) in [5.74, 6) is -1.39. The van der Waals surface area contributed by atoms with Gasteiger partial charge >= 0.3 is 0 Å². The Kier molecular flexibility index (Phi) is 7.03. The third-order valence-corrected chi connectivity index (χ3v) is 6.96. The number of likely N-dealkylation sites (tertiary alicyclic amines) is 1. The van der Waals surface area contributed by atoms with E-state index in [9.17, 15) is 22.4 Å². The van der Waals surface area contributed by atoms with E-state index >= 15 is 0 Å². The number of sulfonamides is 1. The first kappa shape index (κ1) is 23.2. The Labute approximate surface area is 185 Å². The second-order valence-electron chi connectivity index (χ2n) is 7.40. The molecule has 0 unspecified atom stereocenters. The fourth-order valence-corrected chi connectivity index (χ4v) is 5.26. The highest BCUT2D eigenvalue weighted by Gasteiger charge is 2.32. The van der Waals surface area contributed by atoms with Gasteiger partial charge in [0.05, 0.1) is 10.6 Å². The quantitative estimate of drug-likeness (QED) is 0.577. The summed E-state index contributed by atoms with van der Waals surface area (Å²) in [6, 6.07) is 3.74. The van der Waals surface area contributed by atoms with E-state index in [1.807, 2.05) is 0 Å². The highest BCUT2D eigenvalue weighted by Crippen LogP contribution is 2.26. The summed E-state index contributed by atoms with van der Waals surface area (Å²) in [6.45, 7) is 4.28. The van der Waals surface area contributed by atoms with Gasteiger partial charge in [-0.2, -0.15) is 0 Å². The molecule has 0 saturated carbocycles. The van der Waals surface area contributed by atoms with Crippen LogP contribution in [-0.4, -0.2) is 49.8 Å². The van der Waals surface area contributed by atoms with Crippen molar-refractivity contribution >= 4 is 39.1 Å². The number of carbonyl (C=O) groups excluding carboxylic acids is 2. The van der Waals surface area contributed by atoms with E-state index in [0.717, 1.165) is 18.9 Å². The number of hydrogen-bond acceptors (Lipinski definition) is 4. The summed E-state index contributed by atoms with van der Waals surface area (Å²) in [7, 11) is -4.04. The zero-order valence-electron chi connectivity index (χ0n) is 17.2. The van der Waals surface area contributed by atoms with Gasteiger partial charge in [0.2, 0.25) is 15.9 Å². The molecule has 1 aliphatic heterocycles. The van der Waals surface area contributed by atoms with Crippen LogP contribution in [0.5, 0.6) is 0 Å². The van der Waals surface area contributed by atoms with E-state index in [1.54, 1.807) is 18.7 Å². The molecule has 0 bridgehead atoms. The molecule has 0 radical (unpaired) electrons. The van der Waals surface area contributed by atoms with Gasteiger partial charge in [-0.3, -0.25) is 9.59 Å². The minimum atomic E-state index is -4.04. The molecule has 0 aliphatic carbocycles. The fraction of sp³-hybridized carbons (Fsp3) is 0.400. The van der Waals surface area contributed by atoms with Crippen LogP contribution in [0.25, 0.3) is 0 Å². The largest absolute Gasteiger partial charge is 0.361 e. The molecule has 1 aromatic carbocycles. The maximum absolute atomic E-state index is 13.2. The van der Waals surface area contributed by atoms with Crippen molar-refractivity contribution < 1.29 is 22.4 Å². The summed E-state index contributed by atoms with van der Waals surface area (Å²) in [5, 5.41) is 2.39. The number of rotatable bonds is 7. The van der Waals surface area contributed by atoms with E-state index in [0.29, 0.717) is 30.2 Å². The normalized spacial score (nSPS) is 14.1. The Balaban J connectivity index is 1.67. The van der Waals surface area contributed by atoms with Crippen molar-refractivity contribution in [2.24, 2.45) is 0 Å². The number of anilines is 1. The van der Waals surface area contributed by atoms with E-state index < -0.39 is 21.7 Å². The van der Waals surface area contributed by atoms with Gasteiger partial charge in [-0.15, -0.1) is 0 Å².